The van der Waals surface area contributed by atoms with Crippen LogP contribution >= 0.6 is 31.9 Å². The molecule has 0 aliphatic heterocycles. The quantitative estimate of drug-likeness (QED) is 0.649. The summed E-state index contributed by atoms with van der Waals surface area (Å²) in [7, 11) is 2.12. The van der Waals surface area contributed by atoms with Gasteiger partial charge in [0, 0.05) is 29.1 Å². The predicted molar refractivity (Wildman–Crippen MR) is 90.1 cm³/mol. The van der Waals surface area contributed by atoms with E-state index < -0.39 is 0 Å². The summed E-state index contributed by atoms with van der Waals surface area (Å²) in [6, 6.07) is 15.2. The van der Waals surface area contributed by atoms with Gasteiger partial charge in [0.05, 0.1) is 0 Å². The minimum atomic E-state index is 0.871. The summed E-state index contributed by atoms with van der Waals surface area (Å²) in [4.78, 5) is 2.26. The molecule has 0 N–H and O–H groups in total. The van der Waals surface area contributed by atoms with Gasteiger partial charge in [-0.3, -0.25) is 0 Å². The molecule has 0 radical (unpaired) electrons. The largest absolute Gasteiger partial charge is 0.370 e. The summed E-state index contributed by atoms with van der Waals surface area (Å²) in [5.74, 6) is 0. The van der Waals surface area contributed by atoms with Crippen molar-refractivity contribution >= 4 is 37.5 Å². The smallest absolute Gasteiger partial charge is 0.0426 e. The van der Waals surface area contributed by atoms with Gasteiger partial charge < -0.3 is 4.90 Å². The van der Waals surface area contributed by atoms with Crippen molar-refractivity contribution < 1.29 is 0 Å². The van der Waals surface area contributed by atoms with Gasteiger partial charge in [-0.05, 0) is 30.2 Å². The molecule has 0 fully saturated rings. The van der Waals surface area contributed by atoms with Crippen LogP contribution in [-0.4, -0.2) is 7.05 Å². The summed E-state index contributed by atoms with van der Waals surface area (Å²) in [5, 5.41) is 0.871. The third kappa shape index (κ3) is 3.83. The second-order valence-electron chi connectivity index (χ2n) is 4.75. The van der Waals surface area contributed by atoms with E-state index in [-0.39, 0.29) is 0 Å². The second kappa shape index (κ2) is 6.58. The number of nitrogens with zero attached hydrogens (tertiary/aromatic N) is 1. The fraction of sp³-hybridized carbons (Fsp3) is 0.250. The van der Waals surface area contributed by atoms with Crippen molar-refractivity contribution in [2.24, 2.45) is 0 Å². The van der Waals surface area contributed by atoms with Crippen LogP contribution < -0.4 is 4.90 Å². The van der Waals surface area contributed by atoms with Crippen LogP contribution in [-0.2, 0) is 11.9 Å². The van der Waals surface area contributed by atoms with E-state index in [1.807, 2.05) is 0 Å². The maximum absolute atomic E-state index is 3.61. The monoisotopic (exact) mass is 381 g/mol. The highest BCUT2D eigenvalue weighted by atomic mass is 79.9. The van der Waals surface area contributed by atoms with Crippen LogP contribution in [0.2, 0.25) is 0 Å². The summed E-state index contributed by atoms with van der Waals surface area (Å²) in [5.41, 5.74) is 5.12. The lowest BCUT2D eigenvalue weighted by molar-refractivity contribution is 0.921. The molecule has 3 heteroatoms. The topological polar surface area (TPSA) is 3.24 Å². The number of hydrogen-bond acceptors (Lipinski definition) is 1. The highest BCUT2D eigenvalue weighted by Gasteiger charge is 2.05. The molecule has 19 heavy (non-hydrogen) atoms. The fourth-order valence-corrected chi connectivity index (χ4v) is 3.31. The number of benzene rings is 2. The first-order chi connectivity index (χ1) is 9.10. The van der Waals surface area contributed by atoms with Gasteiger partial charge in [0.25, 0.3) is 0 Å². The van der Waals surface area contributed by atoms with Gasteiger partial charge in [-0.25, -0.2) is 0 Å². The summed E-state index contributed by atoms with van der Waals surface area (Å²) in [6.45, 7) is 3.03. The lowest BCUT2D eigenvalue weighted by Crippen LogP contribution is -2.16. The van der Waals surface area contributed by atoms with Gasteiger partial charge in [-0.15, -0.1) is 0 Å². The van der Waals surface area contributed by atoms with Crippen LogP contribution in [0.3, 0.4) is 0 Å². The molecule has 0 atom stereocenters. The SMILES string of the molecule is Cc1ccc(CN(C)c2ccc(CBr)c(Br)c2)cc1. The molecular formula is C16H17Br2N. The number of rotatable bonds is 4. The minimum Gasteiger partial charge on any atom is -0.370 e. The number of anilines is 1. The Morgan fingerprint density at radius 1 is 1.05 bits per heavy atom. The third-order valence-corrected chi connectivity index (χ3v) is 4.50. The van der Waals surface area contributed by atoms with Crippen LogP contribution in [0.15, 0.2) is 46.9 Å². The Morgan fingerprint density at radius 3 is 2.32 bits per heavy atom. The van der Waals surface area contributed by atoms with E-state index in [1.54, 1.807) is 0 Å². The molecule has 1 nitrogen and oxygen atoms in total. The maximum atomic E-state index is 3.61. The van der Waals surface area contributed by atoms with Crippen molar-refractivity contribution in [3.8, 4) is 0 Å². The Hall–Kier alpha value is -0.800. The molecule has 0 heterocycles. The van der Waals surface area contributed by atoms with Gasteiger partial charge in [0.1, 0.15) is 0 Å². The van der Waals surface area contributed by atoms with E-state index in [4.69, 9.17) is 0 Å². The van der Waals surface area contributed by atoms with Crippen molar-refractivity contribution in [1.82, 2.24) is 0 Å². The minimum absolute atomic E-state index is 0.871. The summed E-state index contributed by atoms with van der Waals surface area (Å²) >= 11 is 7.10. The van der Waals surface area contributed by atoms with Gasteiger partial charge in [-0.1, -0.05) is 67.8 Å². The highest BCUT2D eigenvalue weighted by Crippen LogP contribution is 2.26. The van der Waals surface area contributed by atoms with Gasteiger partial charge in [0.2, 0.25) is 0 Å². The van der Waals surface area contributed by atoms with Crippen LogP contribution in [0.5, 0.6) is 0 Å². The molecule has 0 aliphatic carbocycles. The predicted octanol–water partition coefficient (Wildman–Crippen LogP) is 5.29. The molecule has 100 valence electrons. The van der Waals surface area contributed by atoms with Crippen molar-refractivity contribution in [2.45, 2.75) is 18.8 Å². The zero-order chi connectivity index (χ0) is 13.8. The molecule has 0 saturated heterocycles. The van der Waals surface area contributed by atoms with Crippen molar-refractivity contribution in [3.05, 3.63) is 63.6 Å². The first kappa shape index (κ1) is 14.6. The van der Waals surface area contributed by atoms with E-state index >= 15 is 0 Å². The molecule has 0 bridgehead atoms. The lowest BCUT2D eigenvalue weighted by atomic mass is 10.1. The zero-order valence-electron chi connectivity index (χ0n) is 11.2. The molecule has 0 amide bonds. The van der Waals surface area contributed by atoms with Crippen LogP contribution in [0.4, 0.5) is 5.69 Å². The Morgan fingerprint density at radius 2 is 1.74 bits per heavy atom. The molecule has 0 spiro atoms. The molecular weight excluding hydrogens is 366 g/mol. The molecule has 0 aliphatic rings. The first-order valence-electron chi connectivity index (χ1n) is 6.21. The van der Waals surface area contributed by atoms with Crippen LogP contribution in [0.25, 0.3) is 0 Å². The maximum Gasteiger partial charge on any atom is 0.0426 e. The van der Waals surface area contributed by atoms with Crippen LogP contribution in [0.1, 0.15) is 16.7 Å². The zero-order valence-corrected chi connectivity index (χ0v) is 14.3. The summed E-state index contributed by atoms with van der Waals surface area (Å²) < 4.78 is 1.15. The molecule has 0 aromatic heterocycles. The third-order valence-electron chi connectivity index (χ3n) is 3.16. The number of hydrogen-bond donors (Lipinski definition) is 0. The Kier molecular flexibility index (Phi) is 5.06. The average molecular weight is 383 g/mol. The van der Waals surface area contributed by atoms with E-state index in [9.17, 15) is 0 Å². The Bertz CT molecular complexity index is 549. The van der Waals surface area contributed by atoms with Gasteiger partial charge >= 0.3 is 0 Å². The average Bonchev–Trinajstić information content (AvgIpc) is 2.41. The lowest BCUT2D eigenvalue weighted by Gasteiger charge is -2.20. The Balaban J connectivity index is 2.13. The van der Waals surface area contributed by atoms with E-state index in [2.05, 4.69) is 93.2 Å². The first-order valence-corrected chi connectivity index (χ1v) is 8.12. The summed E-state index contributed by atoms with van der Waals surface area (Å²) in [6.07, 6.45) is 0. The molecule has 2 aromatic carbocycles. The number of halogens is 2. The van der Waals surface area contributed by atoms with Crippen molar-refractivity contribution in [3.63, 3.8) is 0 Å². The fourth-order valence-electron chi connectivity index (χ4n) is 1.94. The standard InChI is InChI=1S/C16H17Br2N/c1-12-3-5-13(6-4-12)11-19(2)15-8-7-14(10-17)16(18)9-15/h3-9H,10-11H2,1-2H3. The normalized spacial score (nSPS) is 10.5. The molecule has 0 saturated carbocycles. The number of alkyl halides is 1. The second-order valence-corrected chi connectivity index (χ2v) is 6.17. The van der Waals surface area contributed by atoms with Crippen molar-refractivity contribution in [1.29, 1.82) is 0 Å². The van der Waals surface area contributed by atoms with Crippen molar-refractivity contribution in [2.75, 3.05) is 11.9 Å². The molecule has 2 aromatic rings. The van der Waals surface area contributed by atoms with Gasteiger partial charge in [0.15, 0.2) is 0 Å². The number of aryl methyl sites for hydroxylation is 1. The van der Waals surface area contributed by atoms with Crippen LogP contribution in [0, 0.1) is 6.92 Å². The molecule has 0 unspecified atom stereocenters. The van der Waals surface area contributed by atoms with E-state index in [1.165, 1.54) is 22.4 Å². The van der Waals surface area contributed by atoms with E-state index in [0.29, 0.717) is 0 Å². The van der Waals surface area contributed by atoms with E-state index in [0.717, 1.165) is 16.3 Å². The highest BCUT2D eigenvalue weighted by molar-refractivity contribution is 9.10. The van der Waals surface area contributed by atoms with Gasteiger partial charge in [-0.2, -0.15) is 0 Å². The Labute approximate surface area is 131 Å². The molecule has 2 rings (SSSR count).